The summed E-state index contributed by atoms with van der Waals surface area (Å²) in [5, 5.41) is 0. The molecule has 1 aromatic carbocycles. The number of nitrogens with zero attached hydrogens (tertiary/aromatic N) is 3. The molecule has 25 heavy (non-hydrogen) atoms. The Morgan fingerprint density at radius 3 is 2.52 bits per heavy atom. The fourth-order valence-corrected chi connectivity index (χ4v) is 3.61. The summed E-state index contributed by atoms with van der Waals surface area (Å²) in [7, 11) is 0. The summed E-state index contributed by atoms with van der Waals surface area (Å²) in [6.07, 6.45) is 3.61. The van der Waals surface area contributed by atoms with Crippen molar-refractivity contribution < 1.29 is 13.9 Å². The highest BCUT2D eigenvalue weighted by atomic mass is 19.1. The van der Waals surface area contributed by atoms with Gasteiger partial charge in [-0.25, -0.2) is 4.39 Å². The maximum absolute atomic E-state index is 13.1. The number of morpholine rings is 1. The minimum atomic E-state index is -0.265. The van der Waals surface area contributed by atoms with Crippen molar-refractivity contribution in [2.75, 3.05) is 19.7 Å². The van der Waals surface area contributed by atoms with Crippen molar-refractivity contribution in [3.8, 4) is 0 Å². The van der Waals surface area contributed by atoms with Crippen LogP contribution in [0.3, 0.4) is 0 Å². The molecule has 2 aliphatic heterocycles. The van der Waals surface area contributed by atoms with Gasteiger partial charge in [-0.2, -0.15) is 0 Å². The molecule has 3 heterocycles. The molecular formula is C19H20FN3O2. The molecule has 1 amide bonds. The SMILES string of the molecule is O=C1CO[C@H]2CN(Cc3ccncc3)C[C@H]2N1Cc1ccc(F)cc1. The molecule has 2 saturated heterocycles. The van der Waals surface area contributed by atoms with Crippen LogP contribution in [0.15, 0.2) is 48.8 Å². The van der Waals surface area contributed by atoms with Gasteiger partial charge in [0.2, 0.25) is 5.91 Å². The second-order valence-corrected chi connectivity index (χ2v) is 6.61. The maximum atomic E-state index is 13.1. The van der Waals surface area contributed by atoms with Gasteiger partial charge in [0, 0.05) is 38.6 Å². The van der Waals surface area contributed by atoms with Gasteiger partial charge in [0.15, 0.2) is 0 Å². The van der Waals surface area contributed by atoms with Gasteiger partial charge >= 0.3 is 0 Å². The summed E-state index contributed by atoms with van der Waals surface area (Å²) < 4.78 is 18.9. The van der Waals surface area contributed by atoms with Crippen LogP contribution in [0.4, 0.5) is 4.39 Å². The van der Waals surface area contributed by atoms with E-state index in [9.17, 15) is 9.18 Å². The van der Waals surface area contributed by atoms with E-state index in [1.807, 2.05) is 17.0 Å². The van der Waals surface area contributed by atoms with Crippen molar-refractivity contribution in [1.82, 2.24) is 14.8 Å². The van der Waals surface area contributed by atoms with E-state index in [1.165, 1.54) is 17.7 Å². The normalized spacial score (nSPS) is 23.7. The predicted octanol–water partition coefficient (Wildman–Crippen LogP) is 1.83. The smallest absolute Gasteiger partial charge is 0.249 e. The Bertz CT molecular complexity index is 738. The largest absolute Gasteiger partial charge is 0.365 e. The van der Waals surface area contributed by atoms with Gasteiger partial charge in [-0.05, 0) is 35.4 Å². The number of amides is 1. The third kappa shape index (κ3) is 3.55. The van der Waals surface area contributed by atoms with Crippen molar-refractivity contribution in [3.63, 3.8) is 0 Å². The molecule has 0 spiro atoms. The molecule has 0 bridgehead atoms. The van der Waals surface area contributed by atoms with E-state index in [-0.39, 0.29) is 30.5 Å². The van der Waals surface area contributed by atoms with Gasteiger partial charge < -0.3 is 9.64 Å². The number of hydrogen-bond acceptors (Lipinski definition) is 4. The third-order valence-corrected chi connectivity index (χ3v) is 4.88. The van der Waals surface area contributed by atoms with Gasteiger partial charge in [0.25, 0.3) is 0 Å². The lowest BCUT2D eigenvalue weighted by molar-refractivity contribution is -0.153. The Kier molecular flexibility index (Phi) is 4.46. The lowest BCUT2D eigenvalue weighted by Crippen LogP contribution is -2.53. The molecule has 0 N–H and O–H groups in total. The average molecular weight is 341 g/mol. The van der Waals surface area contributed by atoms with Crippen molar-refractivity contribution in [1.29, 1.82) is 0 Å². The number of carbonyl (C=O) groups is 1. The Hall–Kier alpha value is -2.31. The van der Waals surface area contributed by atoms with Crippen LogP contribution in [-0.4, -0.2) is 52.5 Å². The Morgan fingerprint density at radius 2 is 1.76 bits per heavy atom. The van der Waals surface area contributed by atoms with Gasteiger partial charge in [-0.15, -0.1) is 0 Å². The van der Waals surface area contributed by atoms with Crippen molar-refractivity contribution >= 4 is 5.91 Å². The number of carbonyl (C=O) groups excluding carboxylic acids is 1. The fourth-order valence-electron chi connectivity index (χ4n) is 3.61. The zero-order valence-electron chi connectivity index (χ0n) is 13.8. The molecule has 0 aliphatic carbocycles. The minimum Gasteiger partial charge on any atom is -0.365 e. The summed E-state index contributed by atoms with van der Waals surface area (Å²) >= 11 is 0. The van der Waals surface area contributed by atoms with Crippen molar-refractivity contribution in [3.05, 3.63) is 65.7 Å². The molecule has 2 atom stereocenters. The summed E-state index contributed by atoms with van der Waals surface area (Å²) in [6.45, 7) is 3.01. The molecule has 0 unspecified atom stereocenters. The van der Waals surface area contributed by atoms with Crippen LogP contribution in [0.2, 0.25) is 0 Å². The van der Waals surface area contributed by atoms with Gasteiger partial charge in [-0.1, -0.05) is 12.1 Å². The van der Waals surface area contributed by atoms with Gasteiger partial charge in [-0.3, -0.25) is 14.7 Å². The number of benzene rings is 1. The monoisotopic (exact) mass is 341 g/mol. The van der Waals surface area contributed by atoms with Crippen LogP contribution in [0.5, 0.6) is 0 Å². The van der Waals surface area contributed by atoms with Gasteiger partial charge in [0.1, 0.15) is 12.4 Å². The highest BCUT2D eigenvalue weighted by Crippen LogP contribution is 2.26. The molecule has 4 rings (SSSR count). The molecule has 0 saturated carbocycles. The Balaban J connectivity index is 1.46. The molecule has 2 aliphatic rings. The van der Waals surface area contributed by atoms with Crippen LogP contribution in [0.1, 0.15) is 11.1 Å². The van der Waals surface area contributed by atoms with E-state index < -0.39 is 0 Å². The number of hydrogen-bond donors (Lipinski definition) is 0. The van der Waals surface area contributed by atoms with Crippen LogP contribution >= 0.6 is 0 Å². The first-order chi connectivity index (χ1) is 12.2. The van der Waals surface area contributed by atoms with E-state index in [2.05, 4.69) is 9.88 Å². The zero-order chi connectivity index (χ0) is 17.2. The molecule has 2 fully saturated rings. The van der Waals surface area contributed by atoms with E-state index in [0.29, 0.717) is 6.54 Å². The van der Waals surface area contributed by atoms with Crippen LogP contribution in [0.25, 0.3) is 0 Å². The molecular weight excluding hydrogens is 321 g/mol. The summed E-state index contributed by atoms with van der Waals surface area (Å²) in [6, 6.07) is 10.4. The van der Waals surface area contributed by atoms with Crippen molar-refractivity contribution in [2.24, 2.45) is 0 Å². The fraction of sp³-hybridized carbons (Fsp3) is 0.368. The van der Waals surface area contributed by atoms with Gasteiger partial charge in [0.05, 0.1) is 12.1 Å². The van der Waals surface area contributed by atoms with E-state index in [4.69, 9.17) is 4.74 Å². The molecule has 6 heteroatoms. The number of likely N-dealkylation sites (tertiary alicyclic amines) is 1. The number of rotatable bonds is 4. The maximum Gasteiger partial charge on any atom is 0.249 e. The van der Waals surface area contributed by atoms with Crippen molar-refractivity contribution in [2.45, 2.75) is 25.2 Å². The zero-order valence-corrected chi connectivity index (χ0v) is 13.8. The van der Waals surface area contributed by atoms with E-state index >= 15 is 0 Å². The van der Waals surface area contributed by atoms with Crippen LogP contribution < -0.4 is 0 Å². The first-order valence-electron chi connectivity index (χ1n) is 8.46. The predicted molar refractivity (Wildman–Crippen MR) is 90.0 cm³/mol. The number of ether oxygens (including phenoxy) is 1. The first kappa shape index (κ1) is 16.2. The number of halogens is 1. The lowest BCUT2D eigenvalue weighted by Gasteiger charge is -2.36. The van der Waals surface area contributed by atoms with E-state index in [0.717, 1.165) is 25.2 Å². The Labute approximate surface area is 146 Å². The molecule has 5 nitrogen and oxygen atoms in total. The average Bonchev–Trinajstić information content (AvgIpc) is 3.03. The number of fused-ring (bicyclic) bond motifs is 1. The standard InChI is InChI=1S/C19H20FN3O2/c20-16-3-1-14(2-4-16)10-23-17-11-22(9-15-5-7-21-8-6-15)12-18(17)25-13-19(23)24/h1-8,17-18H,9-13H2/t17-,18+/m1/s1. The molecule has 130 valence electrons. The summed E-state index contributed by atoms with van der Waals surface area (Å²) in [4.78, 5) is 20.6. The third-order valence-electron chi connectivity index (χ3n) is 4.88. The quantitative estimate of drug-likeness (QED) is 0.851. The first-order valence-corrected chi connectivity index (χ1v) is 8.46. The lowest BCUT2D eigenvalue weighted by atomic mass is 10.1. The number of aromatic nitrogens is 1. The highest BCUT2D eigenvalue weighted by Gasteiger charge is 2.42. The van der Waals surface area contributed by atoms with E-state index in [1.54, 1.807) is 24.5 Å². The number of pyridine rings is 1. The summed E-state index contributed by atoms with van der Waals surface area (Å²) in [5.74, 6) is -0.268. The van der Waals surface area contributed by atoms with Crippen LogP contribution in [0, 0.1) is 5.82 Å². The van der Waals surface area contributed by atoms with Crippen LogP contribution in [-0.2, 0) is 22.6 Å². The minimum absolute atomic E-state index is 0.00339. The molecule has 1 aromatic heterocycles. The molecule has 2 aromatic rings. The second kappa shape index (κ2) is 6.90. The second-order valence-electron chi connectivity index (χ2n) is 6.61. The summed E-state index contributed by atoms with van der Waals surface area (Å²) in [5.41, 5.74) is 2.13. The topological polar surface area (TPSA) is 45.7 Å². The highest BCUT2D eigenvalue weighted by molar-refractivity contribution is 5.78. The Morgan fingerprint density at radius 1 is 1.04 bits per heavy atom. The molecule has 0 radical (unpaired) electrons.